The Labute approximate surface area is 181 Å². The van der Waals surface area contributed by atoms with Crippen LogP contribution in [-0.4, -0.2) is 39.8 Å². The number of ether oxygens (including phenoxy) is 4. The molecule has 0 spiro atoms. The third-order valence-corrected chi connectivity index (χ3v) is 7.27. The standard InChI is InChI=1S/C23H24O7S/c1-15-8-10-18(11-9-15)31(25,26)21-14-28-20-13-29-23(17-6-4-3-5-7-17)30-22(20)19(21)12-27-16(2)24/h3-11,14,19-20,22-23H,12-13H2,1-2H3/t19-,20+,22-,23?/m0/s1. The van der Waals surface area contributed by atoms with Crippen molar-refractivity contribution < 1.29 is 32.2 Å². The van der Waals surface area contributed by atoms with Crippen LogP contribution in [0.3, 0.4) is 0 Å². The van der Waals surface area contributed by atoms with Crippen molar-refractivity contribution in [2.45, 2.75) is 37.2 Å². The zero-order valence-corrected chi connectivity index (χ0v) is 18.1. The molecule has 0 saturated carbocycles. The summed E-state index contributed by atoms with van der Waals surface area (Å²) in [6, 6.07) is 15.9. The van der Waals surface area contributed by atoms with Crippen molar-refractivity contribution in [2.24, 2.45) is 5.92 Å². The van der Waals surface area contributed by atoms with Gasteiger partial charge < -0.3 is 18.9 Å². The summed E-state index contributed by atoms with van der Waals surface area (Å²) in [6.45, 7) is 3.24. The van der Waals surface area contributed by atoms with E-state index in [1.165, 1.54) is 13.2 Å². The number of hydrogen-bond donors (Lipinski definition) is 0. The first-order chi connectivity index (χ1) is 14.9. The average Bonchev–Trinajstić information content (AvgIpc) is 2.77. The first-order valence-corrected chi connectivity index (χ1v) is 11.5. The Bertz CT molecular complexity index is 1060. The summed E-state index contributed by atoms with van der Waals surface area (Å²) in [4.78, 5) is 11.7. The summed E-state index contributed by atoms with van der Waals surface area (Å²) >= 11 is 0. The van der Waals surface area contributed by atoms with Crippen molar-refractivity contribution in [1.82, 2.24) is 0 Å². The van der Waals surface area contributed by atoms with Gasteiger partial charge in [-0.05, 0) is 19.1 Å². The second-order valence-electron chi connectivity index (χ2n) is 7.60. The van der Waals surface area contributed by atoms with E-state index in [1.807, 2.05) is 37.3 Å². The number of sulfone groups is 1. The highest BCUT2D eigenvalue weighted by atomic mass is 32.2. The number of fused-ring (bicyclic) bond motifs is 1. The molecule has 31 heavy (non-hydrogen) atoms. The third kappa shape index (κ3) is 4.51. The van der Waals surface area contributed by atoms with Crippen LogP contribution < -0.4 is 0 Å². The van der Waals surface area contributed by atoms with E-state index in [2.05, 4.69) is 0 Å². The fourth-order valence-electron chi connectivity index (χ4n) is 3.71. The van der Waals surface area contributed by atoms with Crippen LogP contribution in [0.5, 0.6) is 0 Å². The summed E-state index contributed by atoms with van der Waals surface area (Å²) in [6.07, 6.45) is -0.622. The van der Waals surface area contributed by atoms with E-state index in [9.17, 15) is 13.2 Å². The molecule has 0 aromatic heterocycles. The van der Waals surface area contributed by atoms with Gasteiger partial charge in [0.05, 0.1) is 28.6 Å². The Hall–Kier alpha value is -2.68. The molecule has 0 radical (unpaired) electrons. The van der Waals surface area contributed by atoms with E-state index in [-0.39, 0.29) is 23.0 Å². The molecule has 1 saturated heterocycles. The van der Waals surface area contributed by atoms with Crippen LogP contribution in [0.4, 0.5) is 0 Å². The van der Waals surface area contributed by atoms with Gasteiger partial charge in [-0.15, -0.1) is 0 Å². The highest BCUT2D eigenvalue weighted by Crippen LogP contribution is 2.40. The molecular formula is C23H24O7S. The lowest BCUT2D eigenvalue weighted by Gasteiger charge is -2.42. The summed E-state index contributed by atoms with van der Waals surface area (Å²) in [5, 5.41) is 0. The van der Waals surface area contributed by atoms with Crippen LogP contribution in [0.25, 0.3) is 0 Å². The van der Waals surface area contributed by atoms with Gasteiger partial charge in [0.1, 0.15) is 18.8 Å². The number of esters is 1. The predicted molar refractivity (Wildman–Crippen MR) is 111 cm³/mol. The molecule has 2 heterocycles. The normalized spacial score (nSPS) is 25.7. The van der Waals surface area contributed by atoms with Gasteiger partial charge in [-0.25, -0.2) is 8.42 Å². The second kappa shape index (κ2) is 8.82. The van der Waals surface area contributed by atoms with Gasteiger partial charge in [0.15, 0.2) is 6.29 Å². The van der Waals surface area contributed by atoms with Crippen LogP contribution in [0, 0.1) is 12.8 Å². The highest BCUT2D eigenvalue weighted by Gasteiger charge is 2.47. The van der Waals surface area contributed by atoms with E-state index in [0.29, 0.717) is 0 Å². The summed E-state index contributed by atoms with van der Waals surface area (Å²) in [7, 11) is -3.88. The minimum Gasteiger partial charge on any atom is -0.492 e. The van der Waals surface area contributed by atoms with E-state index in [4.69, 9.17) is 18.9 Å². The van der Waals surface area contributed by atoms with Crippen LogP contribution in [-0.2, 0) is 33.6 Å². The maximum absolute atomic E-state index is 13.4. The average molecular weight is 445 g/mol. The molecule has 1 fully saturated rings. The molecule has 2 aliphatic rings. The molecule has 164 valence electrons. The molecule has 4 atom stereocenters. The Kier molecular flexibility index (Phi) is 6.13. The van der Waals surface area contributed by atoms with Crippen molar-refractivity contribution in [2.75, 3.05) is 13.2 Å². The van der Waals surface area contributed by atoms with Crippen molar-refractivity contribution in [3.63, 3.8) is 0 Å². The molecule has 1 unspecified atom stereocenters. The van der Waals surface area contributed by atoms with Gasteiger partial charge in [-0.1, -0.05) is 48.0 Å². The Morgan fingerprint density at radius 2 is 1.81 bits per heavy atom. The lowest BCUT2D eigenvalue weighted by molar-refractivity contribution is -0.272. The number of aryl methyl sites for hydroxylation is 1. The summed E-state index contributed by atoms with van der Waals surface area (Å²) in [5.41, 5.74) is 1.76. The van der Waals surface area contributed by atoms with Crippen LogP contribution in [0.15, 0.2) is 70.7 Å². The molecule has 7 nitrogen and oxygen atoms in total. The summed E-state index contributed by atoms with van der Waals surface area (Å²) < 4.78 is 49.7. The minimum atomic E-state index is -3.88. The van der Waals surface area contributed by atoms with Gasteiger partial charge in [0.2, 0.25) is 9.84 Å². The molecular weight excluding hydrogens is 420 g/mol. The maximum atomic E-state index is 13.4. The molecule has 8 heteroatoms. The topological polar surface area (TPSA) is 88.1 Å². The zero-order valence-electron chi connectivity index (χ0n) is 17.3. The van der Waals surface area contributed by atoms with Gasteiger partial charge in [0, 0.05) is 12.5 Å². The fourth-order valence-corrected chi connectivity index (χ4v) is 5.26. The lowest BCUT2D eigenvalue weighted by atomic mass is 9.95. The SMILES string of the molecule is CC(=O)OC[C@H]1C(S(=O)(=O)c2ccc(C)cc2)=CO[C@@H]2COC(c3ccccc3)O[C@H]21. The highest BCUT2D eigenvalue weighted by molar-refractivity contribution is 7.95. The molecule has 0 N–H and O–H groups in total. The van der Waals surface area contributed by atoms with E-state index in [1.54, 1.807) is 24.3 Å². The van der Waals surface area contributed by atoms with E-state index < -0.39 is 40.2 Å². The van der Waals surface area contributed by atoms with Crippen molar-refractivity contribution >= 4 is 15.8 Å². The number of rotatable bonds is 5. The van der Waals surface area contributed by atoms with Gasteiger partial charge in [-0.2, -0.15) is 0 Å². The second-order valence-corrected chi connectivity index (χ2v) is 9.55. The molecule has 2 aromatic rings. The number of hydrogen-bond acceptors (Lipinski definition) is 7. The number of carbonyl (C=O) groups is 1. The van der Waals surface area contributed by atoms with Gasteiger partial charge in [0.25, 0.3) is 0 Å². The maximum Gasteiger partial charge on any atom is 0.302 e. The molecule has 0 aliphatic carbocycles. The predicted octanol–water partition coefficient (Wildman–Crippen LogP) is 3.30. The largest absolute Gasteiger partial charge is 0.492 e. The lowest BCUT2D eigenvalue weighted by Crippen LogP contribution is -2.50. The molecule has 0 amide bonds. The number of carbonyl (C=O) groups excluding carboxylic acids is 1. The van der Waals surface area contributed by atoms with Crippen molar-refractivity contribution in [1.29, 1.82) is 0 Å². The Balaban J connectivity index is 1.67. The van der Waals surface area contributed by atoms with Crippen LogP contribution >= 0.6 is 0 Å². The number of benzene rings is 2. The third-order valence-electron chi connectivity index (χ3n) is 5.36. The smallest absolute Gasteiger partial charge is 0.302 e. The van der Waals surface area contributed by atoms with Crippen molar-refractivity contribution in [3.05, 3.63) is 76.9 Å². The van der Waals surface area contributed by atoms with Crippen LogP contribution in [0.2, 0.25) is 0 Å². The minimum absolute atomic E-state index is 0.0209. The Morgan fingerprint density at radius 3 is 2.48 bits per heavy atom. The zero-order chi connectivity index (χ0) is 22.0. The monoisotopic (exact) mass is 444 g/mol. The quantitative estimate of drug-likeness (QED) is 0.654. The van der Waals surface area contributed by atoms with Crippen molar-refractivity contribution in [3.8, 4) is 0 Å². The van der Waals surface area contributed by atoms with E-state index in [0.717, 1.165) is 11.1 Å². The molecule has 0 bridgehead atoms. The molecule has 2 aliphatic heterocycles. The van der Waals surface area contributed by atoms with E-state index >= 15 is 0 Å². The van der Waals surface area contributed by atoms with Gasteiger partial charge >= 0.3 is 5.97 Å². The first-order valence-electron chi connectivity index (χ1n) is 9.99. The molecule has 4 rings (SSSR count). The molecule has 2 aromatic carbocycles. The van der Waals surface area contributed by atoms with Gasteiger partial charge in [-0.3, -0.25) is 4.79 Å². The van der Waals surface area contributed by atoms with Crippen LogP contribution in [0.1, 0.15) is 24.3 Å². The first kappa shape index (κ1) is 21.5. The Morgan fingerprint density at radius 1 is 1.10 bits per heavy atom. The summed E-state index contributed by atoms with van der Waals surface area (Å²) in [5.74, 6) is -1.23. The fraction of sp³-hybridized carbons (Fsp3) is 0.348.